The van der Waals surface area contributed by atoms with E-state index < -0.39 is 0 Å². The first kappa shape index (κ1) is 22.0. The van der Waals surface area contributed by atoms with Gasteiger partial charge in [0.1, 0.15) is 0 Å². The summed E-state index contributed by atoms with van der Waals surface area (Å²) < 4.78 is 1.78. The quantitative estimate of drug-likeness (QED) is 0.335. The molecule has 0 aliphatic carbocycles. The number of carbonyl (C=O) groups excluding carboxylic acids is 2. The zero-order valence-electron chi connectivity index (χ0n) is 18.1. The highest BCUT2D eigenvalue weighted by Gasteiger charge is 2.11. The standard InChI is InChI=1S/C25H23N3O2S2/c1-15-4-6-18(7-5-15)24(30)27-19-8-9-21-22(13-19)32-25(28-21)31-14-23(29)26-20-11-16(2)10-17(3)12-20/h4-13H,14H2,1-3H3,(H,26,29)(H,27,30). The molecule has 0 saturated carbocycles. The third-order valence-corrected chi connectivity index (χ3v) is 6.93. The summed E-state index contributed by atoms with van der Waals surface area (Å²) in [6.45, 7) is 6.01. The number of anilines is 2. The highest BCUT2D eigenvalue weighted by Crippen LogP contribution is 2.31. The van der Waals surface area contributed by atoms with Gasteiger partial charge in [-0.2, -0.15) is 0 Å². The minimum absolute atomic E-state index is 0.0645. The van der Waals surface area contributed by atoms with E-state index in [9.17, 15) is 9.59 Å². The maximum atomic E-state index is 12.5. The Morgan fingerprint density at radius 1 is 0.844 bits per heavy atom. The average Bonchev–Trinajstić information content (AvgIpc) is 3.14. The van der Waals surface area contributed by atoms with Gasteiger partial charge in [0.25, 0.3) is 5.91 Å². The van der Waals surface area contributed by atoms with Crippen molar-refractivity contribution >= 4 is 56.5 Å². The Balaban J connectivity index is 1.38. The zero-order chi connectivity index (χ0) is 22.7. The predicted octanol–water partition coefficient (Wildman–Crippen LogP) is 6.20. The summed E-state index contributed by atoms with van der Waals surface area (Å²) in [6, 6.07) is 19.1. The third kappa shape index (κ3) is 5.55. The number of hydrogen-bond donors (Lipinski definition) is 2. The molecule has 0 aliphatic heterocycles. The van der Waals surface area contributed by atoms with E-state index in [1.54, 1.807) is 0 Å². The molecule has 0 atom stereocenters. The molecule has 2 amide bonds. The second kappa shape index (κ2) is 9.54. The first-order chi connectivity index (χ1) is 15.4. The highest BCUT2D eigenvalue weighted by atomic mass is 32.2. The molecular weight excluding hydrogens is 438 g/mol. The lowest BCUT2D eigenvalue weighted by atomic mass is 10.1. The van der Waals surface area contributed by atoms with E-state index in [2.05, 4.69) is 21.7 Å². The lowest BCUT2D eigenvalue weighted by Crippen LogP contribution is -2.14. The lowest BCUT2D eigenvalue weighted by Gasteiger charge is -2.06. The molecule has 0 radical (unpaired) electrons. The summed E-state index contributed by atoms with van der Waals surface area (Å²) in [6.07, 6.45) is 0. The van der Waals surface area contributed by atoms with Crippen LogP contribution in [0.5, 0.6) is 0 Å². The van der Waals surface area contributed by atoms with Crippen molar-refractivity contribution in [1.82, 2.24) is 4.98 Å². The fourth-order valence-electron chi connectivity index (χ4n) is 3.32. The fraction of sp³-hybridized carbons (Fsp3) is 0.160. The van der Waals surface area contributed by atoms with Gasteiger partial charge in [-0.3, -0.25) is 9.59 Å². The van der Waals surface area contributed by atoms with E-state index in [0.717, 1.165) is 42.6 Å². The summed E-state index contributed by atoms with van der Waals surface area (Å²) in [5, 5.41) is 5.88. The second-order valence-electron chi connectivity index (χ2n) is 7.70. The Bertz CT molecular complexity index is 1280. The number of aryl methyl sites for hydroxylation is 3. The van der Waals surface area contributed by atoms with Crippen molar-refractivity contribution in [1.29, 1.82) is 0 Å². The van der Waals surface area contributed by atoms with Crippen molar-refractivity contribution < 1.29 is 9.59 Å². The molecule has 3 aromatic carbocycles. The van der Waals surface area contributed by atoms with Crippen molar-refractivity contribution in [3.63, 3.8) is 0 Å². The second-order valence-corrected chi connectivity index (χ2v) is 9.95. The number of nitrogens with one attached hydrogen (secondary N) is 2. The number of benzene rings is 3. The van der Waals surface area contributed by atoms with Gasteiger partial charge in [-0.15, -0.1) is 11.3 Å². The Labute approximate surface area is 195 Å². The van der Waals surface area contributed by atoms with Gasteiger partial charge in [-0.25, -0.2) is 4.98 Å². The molecular formula is C25H23N3O2S2. The molecule has 0 saturated heterocycles. The van der Waals surface area contributed by atoms with Crippen LogP contribution in [0.4, 0.5) is 11.4 Å². The number of carbonyl (C=O) groups is 2. The van der Waals surface area contributed by atoms with Gasteiger partial charge in [0, 0.05) is 16.9 Å². The summed E-state index contributed by atoms with van der Waals surface area (Å²) in [7, 11) is 0. The smallest absolute Gasteiger partial charge is 0.255 e. The molecule has 2 N–H and O–H groups in total. The number of rotatable bonds is 6. The normalized spacial score (nSPS) is 10.8. The Hall–Kier alpha value is -3.16. The van der Waals surface area contributed by atoms with E-state index in [-0.39, 0.29) is 17.6 Å². The Morgan fingerprint density at radius 3 is 2.28 bits per heavy atom. The maximum Gasteiger partial charge on any atom is 0.255 e. The van der Waals surface area contributed by atoms with Gasteiger partial charge >= 0.3 is 0 Å². The molecule has 4 rings (SSSR count). The topological polar surface area (TPSA) is 71.1 Å². The van der Waals surface area contributed by atoms with E-state index in [1.165, 1.54) is 23.1 Å². The van der Waals surface area contributed by atoms with Crippen LogP contribution in [-0.4, -0.2) is 22.6 Å². The minimum Gasteiger partial charge on any atom is -0.325 e. The van der Waals surface area contributed by atoms with E-state index in [4.69, 9.17) is 0 Å². The van der Waals surface area contributed by atoms with Gasteiger partial charge in [-0.1, -0.05) is 35.5 Å². The van der Waals surface area contributed by atoms with Crippen molar-refractivity contribution in [3.05, 3.63) is 82.9 Å². The number of amides is 2. The molecule has 0 aliphatic rings. The zero-order valence-corrected chi connectivity index (χ0v) is 19.7. The number of thioether (sulfide) groups is 1. The van der Waals surface area contributed by atoms with Crippen LogP contribution < -0.4 is 10.6 Å². The van der Waals surface area contributed by atoms with Crippen molar-refractivity contribution in [2.45, 2.75) is 25.1 Å². The average molecular weight is 462 g/mol. The summed E-state index contributed by atoms with van der Waals surface area (Å²) in [5.41, 5.74) is 6.34. The largest absolute Gasteiger partial charge is 0.325 e. The van der Waals surface area contributed by atoms with Crippen LogP contribution in [0, 0.1) is 20.8 Å². The highest BCUT2D eigenvalue weighted by molar-refractivity contribution is 8.01. The Morgan fingerprint density at radius 2 is 1.56 bits per heavy atom. The maximum absolute atomic E-state index is 12.5. The van der Waals surface area contributed by atoms with Crippen LogP contribution >= 0.6 is 23.1 Å². The van der Waals surface area contributed by atoms with Gasteiger partial charge < -0.3 is 10.6 Å². The SMILES string of the molecule is Cc1ccc(C(=O)Nc2ccc3nc(SCC(=O)Nc4cc(C)cc(C)c4)sc3c2)cc1. The molecule has 0 fully saturated rings. The fourth-order valence-corrected chi connectivity index (χ4v) is 5.23. The number of aromatic nitrogens is 1. The monoisotopic (exact) mass is 461 g/mol. The first-order valence-electron chi connectivity index (χ1n) is 10.2. The molecule has 0 bridgehead atoms. The van der Waals surface area contributed by atoms with Gasteiger partial charge in [0.2, 0.25) is 5.91 Å². The van der Waals surface area contributed by atoms with Crippen LogP contribution in [0.1, 0.15) is 27.0 Å². The summed E-state index contributed by atoms with van der Waals surface area (Å²) in [5.74, 6) is 0.0703. The molecule has 0 spiro atoms. The Kier molecular flexibility index (Phi) is 6.58. The minimum atomic E-state index is -0.147. The molecule has 1 aromatic heterocycles. The molecule has 162 valence electrons. The number of fused-ring (bicyclic) bond motifs is 1. The third-order valence-electron chi connectivity index (χ3n) is 4.77. The molecule has 0 unspecified atom stereocenters. The first-order valence-corrected chi connectivity index (χ1v) is 12.0. The number of hydrogen-bond acceptors (Lipinski definition) is 5. The lowest BCUT2D eigenvalue weighted by molar-refractivity contribution is -0.113. The molecule has 5 nitrogen and oxygen atoms in total. The number of thiazole rings is 1. The van der Waals surface area contributed by atoms with Crippen molar-refractivity contribution in [2.75, 3.05) is 16.4 Å². The molecule has 32 heavy (non-hydrogen) atoms. The summed E-state index contributed by atoms with van der Waals surface area (Å²) in [4.78, 5) is 29.4. The summed E-state index contributed by atoms with van der Waals surface area (Å²) >= 11 is 2.92. The van der Waals surface area contributed by atoms with Gasteiger partial charge in [0.05, 0.1) is 16.0 Å². The van der Waals surface area contributed by atoms with Gasteiger partial charge in [-0.05, 0) is 74.4 Å². The molecule has 7 heteroatoms. The predicted molar refractivity (Wildman–Crippen MR) is 134 cm³/mol. The van der Waals surface area contributed by atoms with Crippen LogP contribution in [0.15, 0.2) is 65.0 Å². The van der Waals surface area contributed by atoms with E-state index in [1.807, 2.05) is 75.4 Å². The van der Waals surface area contributed by atoms with Gasteiger partial charge in [0.15, 0.2) is 4.34 Å². The van der Waals surface area contributed by atoms with Crippen LogP contribution in [0.3, 0.4) is 0 Å². The number of nitrogens with zero attached hydrogens (tertiary/aromatic N) is 1. The van der Waals surface area contributed by atoms with Crippen LogP contribution in [-0.2, 0) is 4.79 Å². The van der Waals surface area contributed by atoms with E-state index >= 15 is 0 Å². The molecule has 1 heterocycles. The van der Waals surface area contributed by atoms with Crippen molar-refractivity contribution in [2.24, 2.45) is 0 Å². The van der Waals surface area contributed by atoms with Crippen LogP contribution in [0.2, 0.25) is 0 Å². The van der Waals surface area contributed by atoms with Crippen LogP contribution in [0.25, 0.3) is 10.2 Å². The van der Waals surface area contributed by atoms with E-state index in [0.29, 0.717) is 5.56 Å². The molecule has 4 aromatic rings. The van der Waals surface area contributed by atoms with Crippen molar-refractivity contribution in [3.8, 4) is 0 Å².